The minimum atomic E-state index is -0.416. The Bertz CT molecular complexity index is 598. The molecule has 0 aliphatic heterocycles. The van der Waals surface area contributed by atoms with E-state index < -0.39 is 6.10 Å². The van der Waals surface area contributed by atoms with Gasteiger partial charge in [-0.15, -0.1) is 0 Å². The molecule has 0 aliphatic carbocycles. The van der Waals surface area contributed by atoms with Gasteiger partial charge in [-0.3, -0.25) is 0 Å². The maximum Gasteiger partial charge on any atom is 0.338 e. The van der Waals surface area contributed by atoms with Gasteiger partial charge in [-0.2, -0.15) is 0 Å². The Morgan fingerprint density at radius 2 is 1.48 bits per heavy atom. The van der Waals surface area contributed by atoms with E-state index in [9.17, 15) is 4.79 Å². The number of benzene rings is 2. The van der Waals surface area contributed by atoms with Crippen molar-refractivity contribution in [3.8, 4) is 0 Å². The van der Waals surface area contributed by atoms with E-state index in [1.165, 1.54) is 0 Å². The average molecular weight is 342 g/mol. The summed E-state index contributed by atoms with van der Waals surface area (Å²) in [6.45, 7) is 4.45. The molecule has 0 saturated heterocycles. The van der Waals surface area contributed by atoms with Crippen LogP contribution in [0.3, 0.4) is 0 Å². The van der Waals surface area contributed by atoms with E-state index in [1.54, 1.807) is 12.1 Å². The van der Waals surface area contributed by atoms with Crippen molar-refractivity contribution < 1.29 is 19.0 Å². The molecule has 0 fully saturated rings. The fourth-order valence-electron chi connectivity index (χ4n) is 2.38. The van der Waals surface area contributed by atoms with E-state index in [1.807, 2.05) is 55.5 Å². The van der Waals surface area contributed by atoms with Crippen LogP contribution in [0.1, 0.15) is 41.8 Å². The van der Waals surface area contributed by atoms with E-state index in [0.29, 0.717) is 18.8 Å². The summed E-state index contributed by atoms with van der Waals surface area (Å²) in [5.41, 5.74) is 1.47. The van der Waals surface area contributed by atoms with Gasteiger partial charge in [0, 0.05) is 19.8 Å². The predicted octanol–water partition coefficient (Wildman–Crippen LogP) is 4.42. The van der Waals surface area contributed by atoms with Crippen LogP contribution in [0.15, 0.2) is 60.7 Å². The van der Waals surface area contributed by atoms with Gasteiger partial charge in [0.15, 0.2) is 6.10 Å². The zero-order valence-electron chi connectivity index (χ0n) is 14.7. The largest absolute Gasteiger partial charge is 0.451 e. The Balaban J connectivity index is 1.87. The lowest BCUT2D eigenvalue weighted by atomic mass is 10.1. The van der Waals surface area contributed by atoms with Crippen molar-refractivity contribution in [2.24, 2.45) is 0 Å². The van der Waals surface area contributed by atoms with Crippen LogP contribution in [0.25, 0.3) is 0 Å². The number of rotatable bonds is 11. The molecule has 2 aromatic carbocycles. The number of esters is 1. The Hall–Kier alpha value is -2.17. The van der Waals surface area contributed by atoms with E-state index in [2.05, 4.69) is 0 Å². The molecular weight excluding hydrogens is 316 g/mol. The average Bonchev–Trinajstić information content (AvgIpc) is 2.67. The van der Waals surface area contributed by atoms with Crippen molar-refractivity contribution >= 4 is 5.97 Å². The molecule has 4 heteroatoms. The molecule has 2 aromatic rings. The van der Waals surface area contributed by atoms with Crippen molar-refractivity contribution in [2.45, 2.75) is 25.9 Å². The molecule has 0 spiro atoms. The normalized spacial score (nSPS) is 11.9. The second kappa shape index (κ2) is 11.4. The Kier molecular flexibility index (Phi) is 8.73. The second-order valence-electron chi connectivity index (χ2n) is 5.65. The first kappa shape index (κ1) is 19.2. The molecular formula is C21H26O4. The second-order valence-corrected chi connectivity index (χ2v) is 5.65. The monoisotopic (exact) mass is 342 g/mol. The molecule has 1 atom stereocenters. The molecule has 25 heavy (non-hydrogen) atoms. The van der Waals surface area contributed by atoms with Gasteiger partial charge in [0.2, 0.25) is 0 Å². The van der Waals surface area contributed by atoms with Gasteiger partial charge in [0.1, 0.15) is 0 Å². The topological polar surface area (TPSA) is 44.8 Å². The van der Waals surface area contributed by atoms with E-state index in [-0.39, 0.29) is 5.97 Å². The quantitative estimate of drug-likeness (QED) is 0.448. The van der Waals surface area contributed by atoms with Crippen LogP contribution in [0.2, 0.25) is 0 Å². The molecule has 0 aliphatic rings. The lowest BCUT2D eigenvalue weighted by Gasteiger charge is -2.18. The van der Waals surface area contributed by atoms with E-state index in [4.69, 9.17) is 14.2 Å². The smallest absolute Gasteiger partial charge is 0.338 e. The van der Waals surface area contributed by atoms with E-state index in [0.717, 1.165) is 31.6 Å². The van der Waals surface area contributed by atoms with Gasteiger partial charge < -0.3 is 14.2 Å². The lowest BCUT2D eigenvalue weighted by molar-refractivity contribution is -0.00665. The SMILES string of the molecule is CCOCCCCOCC(OC(=O)c1ccccc1)c1ccccc1. The van der Waals surface area contributed by atoms with Gasteiger partial charge in [-0.05, 0) is 37.5 Å². The van der Waals surface area contributed by atoms with Crippen LogP contribution in [-0.4, -0.2) is 32.4 Å². The fraction of sp³-hybridized carbons (Fsp3) is 0.381. The molecule has 134 valence electrons. The summed E-state index contributed by atoms with van der Waals surface area (Å²) >= 11 is 0. The molecule has 0 heterocycles. The number of ether oxygens (including phenoxy) is 3. The molecule has 1 unspecified atom stereocenters. The predicted molar refractivity (Wildman–Crippen MR) is 97.6 cm³/mol. The van der Waals surface area contributed by atoms with Gasteiger partial charge in [0.05, 0.1) is 12.2 Å². The summed E-state index contributed by atoms with van der Waals surface area (Å²) < 4.78 is 16.7. The van der Waals surface area contributed by atoms with Crippen LogP contribution in [0.5, 0.6) is 0 Å². The van der Waals surface area contributed by atoms with Crippen LogP contribution >= 0.6 is 0 Å². The summed E-state index contributed by atoms with van der Waals surface area (Å²) in [6, 6.07) is 18.7. The molecule has 0 amide bonds. The minimum Gasteiger partial charge on any atom is -0.451 e. The summed E-state index contributed by atoms with van der Waals surface area (Å²) in [6.07, 6.45) is 1.47. The minimum absolute atomic E-state index is 0.339. The highest BCUT2D eigenvalue weighted by atomic mass is 16.6. The number of carbonyl (C=O) groups excluding carboxylic acids is 1. The maximum atomic E-state index is 12.3. The summed E-state index contributed by atoms with van der Waals surface area (Å²) in [4.78, 5) is 12.3. The third-order valence-corrected chi connectivity index (χ3v) is 3.73. The molecule has 0 aromatic heterocycles. The van der Waals surface area contributed by atoms with Crippen molar-refractivity contribution in [1.29, 1.82) is 0 Å². The van der Waals surface area contributed by atoms with Crippen LogP contribution in [0, 0.1) is 0 Å². The highest BCUT2D eigenvalue weighted by molar-refractivity contribution is 5.89. The van der Waals surface area contributed by atoms with Gasteiger partial charge in [0.25, 0.3) is 0 Å². The molecule has 0 bridgehead atoms. The Labute approximate surface area is 149 Å². The summed E-state index contributed by atoms with van der Waals surface area (Å²) in [5.74, 6) is -0.339. The van der Waals surface area contributed by atoms with Gasteiger partial charge in [-0.1, -0.05) is 48.5 Å². The Morgan fingerprint density at radius 3 is 2.12 bits per heavy atom. The molecule has 0 N–H and O–H groups in total. The van der Waals surface area contributed by atoms with Crippen molar-refractivity contribution in [1.82, 2.24) is 0 Å². The molecule has 0 radical (unpaired) electrons. The van der Waals surface area contributed by atoms with Crippen LogP contribution in [-0.2, 0) is 14.2 Å². The number of carbonyl (C=O) groups is 1. The first-order valence-electron chi connectivity index (χ1n) is 8.77. The van der Waals surface area contributed by atoms with E-state index >= 15 is 0 Å². The number of unbranched alkanes of at least 4 members (excludes halogenated alkanes) is 1. The summed E-state index contributed by atoms with van der Waals surface area (Å²) in [7, 11) is 0. The maximum absolute atomic E-state index is 12.3. The lowest BCUT2D eigenvalue weighted by Crippen LogP contribution is -2.17. The zero-order chi connectivity index (χ0) is 17.7. The van der Waals surface area contributed by atoms with Crippen molar-refractivity contribution in [2.75, 3.05) is 26.4 Å². The molecule has 0 saturated carbocycles. The highest BCUT2D eigenvalue weighted by Gasteiger charge is 2.18. The number of hydrogen-bond acceptors (Lipinski definition) is 4. The fourth-order valence-corrected chi connectivity index (χ4v) is 2.38. The third kappa shape index (κ3) is 7.08. The van der Waals surface area contributed by atoms with Crippen LogP contribution in [0.4, 0.5) is 0 Å². The van der Waals surface area contributed by atoms with Crippen molar-refractivity contribution in [3.63, 3.8) is 0 Å². The van der Waals surface area contributed by atoms with Gasteiger partial charge in [-0.25, -0.2) is 4.79 Å². The summed E-state index contributed by atoms with van der Waals surface area (Å²) in [5, 5.41) is 0. The molecule has 4 nitrogen and oxygen atoms in total. The van der Waals surface area contributed by atoms with Gasteiger partial charge >= 0.3 is 5.97 Å². The number of hydrogen-bond donors (Lipinski definition) is 0. The first-order chi connectivity index (χ1) is 12.3. The first-order valence-corrected chi connectivity index (χ1v) is 8.77. The molecule has 2 rings (SSSR count). The van der Waals surface area contributed by atoms with Crippen molar-refractivity contribution in [3.05, 3.63) is 71.8 Å². The Morgan fingerprint density at radius 1 is 0.880 bits per heavy atom. The standard InChI is InChI=1S/C21H26O4/c1-2-23-15-9-10-16-24-17-20(18-11-5-3-6-12-18)25-21(22)19-13-7-4-8-14-19/h3-8,11-14,20H,2,9-10,15-17H2,1H3. The highest BCUT2D eigenvalue weighted by Crippen LogP contribution is 2.20. The third-order valence-electron chi connectivity index (χ3n) is 3.73. The van der Waals surface area contributed by atoms with Crippen LogP contribution < -0.4 is 0 Å². The zero-order valence-corrected chi connectivity index (χ0v) is 14.7.